The summed E-state index contributed by atoms with van der Waals surface area (Å²) in [6, 6.07) is 4.76. The second kappa shape index (κ2) is 7.60. The number of hydrogen-bond donors (Lipinski definition) is 2. The summed E-state index contributed by atoms with van der Waals surface area (Å²) in [5.41, 5.74) is 1.58. The van der Waals surface area contributed by atoms with Gasteiger partial charge in [-0.2, -0.15) is 0 Å². The molecule has 0 fully saturated rings. The largest absolute Gasteiger partial charge is 0.395 e. The highest BCUT2D eigenvalue weighted by Gasteiger charge is 2.19. The fourth-order valence-corrected chi connectivity index (χ4v) is 3.08. The molecule has 1 aromatic rings. The summed E-state index contributed by atoms with van der Waals surface area (Å²) in [6.45, 7) is 7.64. The minimum atomic E-state index is -3.51. The van der Waals surface area contributed by atoms with Crippen molar-refractivity contribution in [1.82, 2.24) is 4.72 Å². The molecule has 1 aromatic carbocycles. The van der Waals surface area contributed by atoms with E-state index in [1.54, 1.807) is 18.2 Å². The lowest BCUT2D eigenvalue weighted by Crippen LogP contribution is -2.36. The summed E-state index contributed by atoms with van der Waals surface area (Å²) in [7, 11) is -3.51. The molecule has 1 atom stereocenters. The molecule has 0 aliphatic rings. The number of rotatable bonds is 5. The molecule has 0 bridgehead atoms. The Morgan fingerprint density at radius 3 is 2.48 bits per heavy atom. The maximum atomic E-state index is 12.3. The average Bonchev–Trinajstić information content (AvgIpc) is 2.40. The second-order valence-corrected chi connectivity index (χ2v) is 7.12. The Morgan fingerprint density at radius 2 is 1.95 bits per heavy atom. The van der Waals surface area contributed by atoms with Crippen LogP contribution < -0.4 is 4.72 Å². The van der Waals surface area contributed by atoms with Crippen molar-refractivity contribution in [1.29, 1.82) is 0 Å². The van der Waals surface area contributed by atoms with Gasteiger partial charge in [-0.25, -0.2) is 13.1 Å². The molecule has 5 heteroatoms. The monoisotopic (exact) mass is 309 g/mol. The Labute approximate surface area is 127 Å². The molecular weight excluding hydrogens is 286 g/mol. The van der Waals surface area contributed by atoms with E-state index in [1.165, 1.54) is 0 Å². The van der Waals surface area contributed by atoms with Crippen LogP contribution in [-0.4, -0.2) is 26.2 Å². The predicted molar refractivity (Wildman–Crippen MR) is 84.4 cm³/mol. The van der Waals surface area contributed by atoms with Crippen LogP contribution in [0.5, 0.6) is 0 Å². The number of sulfonamides is 1. The number of aliphatic hydroxyl groups excluding tert-OH is 1. The normalized spacial score (nSPS) is 12.9. The van der Waals surface area contributed by atoms with Gasteiger partial charge in [0.2, 0.25) is 10.0 Å². The maximum absolute atomic E-state index is 12.3. The second-order valence-electron chi connectivity index (χ2n) is 5.41. The molecule has 21 heavy (non-hydrogen) atoms. The number of benzene rings is 1. The molecule has 0 aliphatic heterocycles. The molecule has 0 saturated heterocycles. The highest BCUT2D eigenvalue weighted by Crippen LogP contribution is 2.16. The van der Waals surface area contributed by atoms with Gasteiger partial charge < -0.3 is 5.11 Å². The zero-order valence-electron chi connectivity index (χ0n) is 13.0. The van der Waals surface area contributed by atoms with Gasteiger partial charge in [-0.05, 0) is 43.5 Å². The average molecular weight is 309 g/mol. The van der Waals surface area contributed by atoms with Gasteiger partial charge in [-0.3, -0.25) is 0 Å². The van der Waals surface area contributed by atoms with Crippen LogP contribution in [0, 0.1) is 24.7 Å². The van der Waals surface area contributed by atoms with E-state index in [2.05, 4.69) is 16.6 Å². The predicted octanol–water partition coefficient (Wildman–Crippen LogP) is 2.05. The van der Waals surface area contributed by atoms with E-state index in [4.69, 9.17) is 5.11 Å². The SMILES string of the molecule is Cc1cc(S(=O)(=O)NC(C)C(C)C)ccc1C#CCCO. The topological polar surface area (TPSA) is 66.4 Å². The van der Waals surface area contributed by atoms with Crippen molar-refractivity contribution in [3.63, 3.8) is 0 Å². The van der Waals surface area contributed by atoms with Gasteiger partial charge in [-0.15, -0.1) is 0 Å². The Balaban J connectivity index is 3.01. The van der Waals surface area contributed by atoms with Crippen LogP contribution in [0.3, 0.4) is 0 Å². The molecule has 2 N–H and O–H groups in total. The third-order valence-corrected chi connectivity index (χ3v) is 4.87. The first-order valence-corrected chi connectivity index (χ1v) is 8.49. The van der Waals surface area contributed by atoms with Gasteiger partial charge in [0.1, 0.15) is 0 Å². The summed E-state index contributed by atoms with van der Waals surface area (Å²) >= 11 is 0. The number of nitrogens with one attached hydrogen (secondary N) is 1. The lowest BCUT2D eigenvalue weighted by Gasteiger charge is -2.17. The molecule has 116 valence electrons. The molecule has 0 spiro atoms. The van der Waals surface area contributed by atoms with Crippen LogP contribution in [0.25, 0.3) is 0 Å². The minimum absolute atomic E-state index is 0.0233. The molecule has 4 nitrogen and oxygen atoms in total. The van der Waals surface area contributed by atoms with E-state index in [-0.39, 0.29) is 23.5 Å². The first kappa shape index (κ1) is 17.7. The quantitative estimate of drug-likeness (QED) is 0.818. The first-order valence-electron chi connectivity index (χ1n) is 7.00. The van der Waals surface area contributed by atoms with Gasteiger partial charge in [0, 0.05) is 18.0 Å². The molecule has 0 amide bonds. The van der Waals surface area contributed by atoms with Crippen LogP contribution in [-0.2, 0) is 10.0 Å². The van der Waals surface area contributed by atoms with E-state index in [9.17, 15) is 8.42 Å². The Morgan fingerprint density at radius 1 is 1.29 bits per heavy atom. The third kappa shape index (κ3) is 5.16. The Hall–Kier alpha value is -1.35. The molecule has 1 rings (SSSR count). The lowest BCUT2D eigenvalue weighted by atomic mass is 10.1. The van der Waals surface area contributed by atoms with Crippen LogP contribution in [0.2, 0.25) is 0 Å². The fourth-order valence-electron chi connectivity index (χ4n) is 1.61. The zero-order valence-corrected chi connectivity index (χ0v) is 13.8. The van der Waals surface area contributed by atoms with Gasteiger partial charge in [-0.1, -0.05) is 25.7 Å². The van der Waals surface area contributed by atoms with E-state index in [1.807, 2.05) is 27.7 Å². The summed E-state index contributed by atoms with van der Waals surface area (Å²) in [6.07, 6.45) is 0.410. The molecule has 0 radical (unpaired) electrons. The molecular formula is C16H23NO3S. The standard InChI is InChI=1S/C16H23NO3S/c1-12(2)14(4)17-21(19,20)16-9-8-15(13(3)11-16)7-5-6-10-18/h8-9,11-12,14,17-18H,6,10H2,1-4H3. The fraction of sp³-hybridized carbons (Fsp3) is 0.500. The molecule has 0 heterocycles. The van der Waals surface area contributed by atoms with Crippen LogP contribution in [0.1, 0.15) is 38.3 Å². The van der Waals surface area contributed by atoms with Gasteiger partial charge >= 0.3 is 0 Å². The van der Waals surface area contributed by atoms with E-state index >= 15 is 0 Å². The van der Waals surface area contributed by atoms with Crippen molar-refractivity contribution < 1.29 is 13.5 Å². The van der Waals surface area contributed by atoms with Gasteiger partial charge in [0.25, 0.3) is 0 Å². The van der Waals surface area contributed by atoms with E-state index in [0.29, 0.717) is 6.42 Å². The van der Waals surface area contributed by atoms with E-state index < -0.39 is 10.0 Å². The van der Waals surface area contributed by atoms with Crippen molar-refractivity contribution in [2.45, 2.75) is 45.1 Å². The van der Waals surface area contributed by atoms with Crippen LogP contribution in [0.15, 0.2) is 23.1 Å². The van der Waals surface area contributed by atoms with Crippen molar-refractivity contribution >= 4 is 10.0 Å². The molecule has 1 unspecified atom stereocenters. The summed E-state index contributed by atoms with van der Waals surface area (Å²) in [4.78, 5) is 0.250. The van der Waals surface area contributed by atoms with Crippen LogP contribution >= 0.6 is 0 Å². The number of aliphatic hydroxyl groups is 1. The first-order chi connectivity index (χ1) is 9.77. The van der Waals surface area contributed by atoms with Crippen molar-refractivity contribution in [2.75, 3.05) is 6.61 Å². The number of hydrogen-bond acceptors (Lipinski definition) is 3. The van der Waals surface area contributed by atoms with Crippen molar-refractivity contribution in [3.8, 4) is 11.8 Å². The number of aryl methyl sites for hydroxylation is 1. The summed E-state index contributed by atoms with van der Waals surface area (Å²) in [5.74, 6) is 5.99. The molecule has 0 aliphatic carbocycles. The van der Waals surface area contributed by atoms with Gasteiger partial charge in [0.05, 0.1) is 11.5 Å². The highest BCUT2D eigenvalue weighted by atomic mass is 32.2. The summed E-state index contributed by atoms with van der Waals surface area (Å²) < 4.78 is 27.3. The summed E-state index contributed by atoms with van der Waals surface area (Å²) in [5, 5.41) is 8.70. The Kier molecular flexibility index (Phi) is 6.41. The molecule has 0 saturated carbocycles. The van der Waals surface area contributed by atoms with Crippen molar-refractivity contribution in [3.05, 3.63) is 29.3 Å². The molecule has 0 aromatic heterocycles. The minimum Gasteiger partial charge on any atom is -0.395 e. The van der Waals surface area contributed by atoms with Gasteiger partial charge in [0.15, 0.2) is 0 Å². The lowest BCUT2D eigenvalue weighted by molar-refractivity contribution is 0.305. The third-order valence-electron chi connectivity index (χ3n) is 3.31. The highest BCUT2D eigenvalue weighted by molar-refractivity contribution is 7.89. The smallest absolute Gasteiger partial charge is 0.240 e. The van der Waals surface area contributed by atoms with E-state index in [0.717, 1.165) is 11.1 Å². The van der Waals surface area contributed by atoms with Crippen molar-refractivity contribution in [2.24, 2.45) is 5.92 Å². The zero-order chi connectivity index (χ0) is 16.0. The Bertz CT molecular complexity index is 639. The maximum Gasteiger partial charge on any atom is 0.240 e. The van der Waals surface area contributed by atoms with Crippen LogP contribution in [0.4, 0.5) is 0 Å².